The summed E-state index contributed by atoms with van der Waals surface area (Å²) in [4.78, 5) is 12.4. The van der Waals surface area contributed by atoms with Crippen molar-refractivity contribution in [2.45, 2.75) is 0 Å². The van der Waals surface area contributed by atoms with Gasteiger partial charge in [0.15, 0.2) is 28.8 Å². The quantitative estimate of drug-likeness (QED) is 0.232. The highest BCUT2D eigenvalue weighted by Crippen LogP contribution is 2.38. The Morgan fingerprint density at radius 1 is 0.824 bits per heavy atom. The minimum Gasteiger partial charge on any atom is -0.494 e. The van der Waals surface area contributed by atoms with E-state index < -0.39 is 5.82 Å². The summed E-state index contributed by atoms with van der Waals surface area (Å²) >= 11 is 0. The van der Waals surface area contributed by atoms with Gasteiger partial charge in [-0.05, 0) is 47.5 Å². The lowest BCUT2D eigenvalue weighted by Crippen LogP contribution is -1.99. The lowest BCUT2D eigenvalue weighted by atomic mass is 10.1. The number of allylic oxidation sites excluding steroid dienone is 1. The van der Waals surface area contributed by atoms with Crippen LogP contribution in [0.1, 0.15) is 21.5 Å². The van der Waals surface area contributed by atoms with Crippen molar-refractivity contribution in [3.8, 4) is 23.0 Å². The van der Waals surface area contributed by atoms with Gasteiger partial charge in [-0.3, -0.25) is 4.79 Å². The highest BCUT2D eigenvalue weighted by Gasteiger charge is 2.12. The van der Waals surface area contributed by atoms with Gasteiger partial charge in [-0.25, -0.2) is 4.39 Å². The number of hydrogen-bond donors (Lipinski definition) is 1. The normalized spacial score (nSPS) is 11.0. The first-order valence-electron chi connectivity index (χ1n) is 10.4. The molecular weight excluding hydrogens is 437 g/mol. The first-order valence-corrected chi connectivity index (χ1v) is 10.4. The van der Waals surface area contributed by atoms with Gasteiger partial charge in [0.25, 0.3) is 0 Å². The molecule has 0 saturated carbocycles. The molecule has 0 fully saturated rings. The molecule has 34 heavy (non-hydrogen) atoms. The number of carbonyl (C=O) groups excluding carboxylic acids is 1. The molecule has 176 valence electrons. The van der Waals surface area contributed by atoms with E-state index in [4.69, 9.17) is 18.9 Å². The molecule has 0 saturated heterocycles. The lowest BCUT2D eigenvalue weighted by Gasteiger charge is -2.13. The zero-order chi connectivity index (χ0) is 24.5. The van der Waals surface area contributed by atoms with Gasteiger partial charge in [-0.1, -0.05) is 30.4 Å². The summed E-state index contributed by atoms with van der Waals surface area (Å²) in [5, 5.41) is 3.11. The summed E-state index contributed by atoms with van der Waals surface area (Å²) in [5.41, 5.74) is 2.77. The first-order chi connectivity index (χ1) is 16.5. The molecule has 7 heteroatoms. The minimum absolute atomic E-state index is 0.0893. The van der Waals surface area contributed by atoms with Crippen LogP contribution in [-0.4, -0.2) is 34.2 Å². The molecule has 6 nitrogen and oxygen atoms in total. The second-order valence-corrected chi connectivity index (χ2v) is 7.07. The van der Waals surface area contributed by atoms with Crippen LogP contribution in [0.25, 0.3) is 12.2 Å². The summed E-state index contributed by atoms with van der Waals surface area (Å²) in [5.74, 6) is 0.812. The van der Waals surface area contributed by atoms with Crippen molar-refractivity contribution in [1.29, 1.82) is 0 Å². The Kier molecular flexibility index (Phi) is 8.29. The Labute approximate surface area is 198 Å². The van der Waals surface area contributed by atoms with Gasteiger partial charge in [0, 0.05) is 23.5 Å². The number of halogens is 1. The molecular formula is C27H26FNO5. The van der Waals surface area contributed by atoms with E-state index in [1.54, 1.807) is 21.3 Å². The van der Waals surface area contributed by atoms with E-state index >= 15 is 0 Å². The number of nitrogens with one attached hydrogen (secondary N) is 1. The average Bonchev–Trinajstić information content (AvgIpc) is 2.87. The molecule has 0 unspecified atom stereocenters. The third-order valence-corrected chi connectivity index (χ3v) is 5.01. The van der Waals surface area contributed by atoms with Crippen LogP contribution in [0.4, 0.5) is 10.1 Å². The molecule has 0 aliphatic carbocycles. The number of ketones is 1. The summed E-state index contributed by atoms with van der Waals surface area (Å²) in [6.07, 6.45) is 6.72. The van der Waals surface area contributed by atoms with Gasteiger partial charge in [0.2, 0.25) is 5.75 Å². The van der Waals surface area contributed by atoms with Crippen LogP contribution in [0.3, 0.4) is 0 Å². The predicted octanol–water partition coefficient (Wildman–Crippen LogP) is 5.84. The number of hydrogen-bond acceptors (Lipinski definition) is 6. The van der Waals surface area contributed by atoms with Crippen LogP contribution in [-0.2, 0) is 0 Å². The number of benzene rings is 3. The zero-order valence-electron chi connectivity index (χ0n) is 19.4. The molecule has 0 aliphatic rings. The Balaban J connectivity index is 1.77. The fourth-order valence-corrected chi connectivity index (χ4v) is 3.28. The molecule has 3 rings (SSSR count). The van der Waals surface area contributed by atoms with Gasteiger partial charge in [-0.2, -0.15) is 0 Å². The molecule has 0 aliphatic heterocycles. The van der Waals surface area contributed by atoms with E-state index in [2.05, 4.69) is 5.32 Å². The summed E-state index contributed by atoms with van der Waals surface area (Å²) in [7, 11) is 6.06. The number of carbonyl (C=O) groups is 1. The second-order valence-electron chi connectivity index (χ2n) is 7.07. The lowest BCUT2D eigenvalue weighted by molar-refractivity contribution is 0.104. The van der Waals surface area contributed by atoms with E-state index in [9.17, 15) is 9.18 Å². The Bertz CT molecular complexity index is 1190. The van der Waals surface area contributed by atoms with Gasteiger partial charge in [0.1, 0.15) is 0 Å². The number of ether oxygens (including phenoxy) is 4. The van der Waals surface area contributed by atoms with Crippen molar-refractivity contribution in [2.75, 3.05) is 33.8 Å². The molecule has 1 N–H and O–H groups in total. The maximum atomic E-state index is 13.9. The average molecular weight is 464 g/mol. The van der Waals surface area contributed by atoms with Crippen molar-refractivity contribution in [3.63, 3.8) is 0 Å². The SMILES string of the molecule is COc1ccc(C(=O)C=CNc2ccccc2C=Cc2cc(OC)c(OC)c(OC)c2)cc1F. The van der Waals surface area contributed by atoms with Crippen LogP contribution in [0.5, 0.6) is 23.0 Å². The molecule has 0 heterocycles. The van der Waals surface area contributed by atoms with Crippen molar-refractivity contribution in [2.24, 2.45) is 0 Å². The van der Waals surface area contributed by atoms with Crippen molar-refractivity contribution < 1.29 is 28.1 Å². The fraction of sp³-hybridized carbons (Fsp3) is 0.148. The Morgan fingerprint density at radius 3 is 2.12 bits per heavy atom. The molecule has 3 aromatic carbocycles. The molecule has 0 atom stereocenters. The van der Waals surface area contributed by atoms with Crippen LogP contribution < -0.4 is 24.3 Å². The van der Waals surface area contributed by atoms with Crippen LogP contribution in [0, 0.1) is 5.82 Å². The van der Waals surface area contributed by atoms with Gasteiger partial charge >= 0.3 is 0 Å². The second kappa shape index (κ2) is 11.6. The summed E-state index contributed by atoms with van der Waals surface area (Å²) in [6.45, 7) is 0. The smallest absolute Gasteiger partial charge is 0.203 e. The standard InChI is InChI=1S/C27H26FNO5/c1-31-24-12-11-20(17-21(24)28)23(30)13-14-29-22-8-6-5-7-19(22)10-9-18-15-25(32-2)27(34-4)26(16-18)33-3/h5-17,29H,1-4H3. The molecule has 0 radical (unpaired) electrons. The Morgan fingerprint density at radius 2 is 1.50 bits per heavy atom. The number of para-hydroxylation sites is 1. The first kappa shape index (κ1) is 24.4. The monoisotopic (exact) mass is 463 g/mol. The van der Waals surface area contributed by atoms with Crippen LogP contribution in [0.2, 0.25) is 0 Å². The molecule has 0 bridgehead atoms. The van der Waals surface area contributed by atoms with Gasteiger partial charge in [0.05, 0.1) is 28.4 Å². The number of anilines is 1. The van der Waals surface area contributed by atoms with Gasteiger partial charge < -0.3 is 24.3 Å². The fourth-order valence-electron chi connectivity index (χ4n) is 3.28. The zero-order valence-corrected chi connectivity index (χ0v) is 19.4. The largest absolute Gasteiger partial charge is 0.494 e. The van der Waals surface area contributed by atoms with E-state index in [0.29, 0.717) is 17.2 Å². The highest BCUT2D eigenvalue weighted by atomic mass is 19.1. The maximum Gasteiger partial charge on any atom is 0.203 e. The highest BCUT2D eigenvalue weighted by molar-refractivity contribution is 6.04. The van der Waals surface area contributed by atoms with E-state index in [1.165, 1.54) is 31.5 Å². The van der Waals surface area contributed by atoms with Crippen molar-refractivity contribution in [1.82, 2.24) is 0 Å². The van der Waals surface area contributed by atoms with E-state index in [-0.39, 0.29) is 17.1 Å². The van der Waals surface area contributed by atoms with E-state index in [0.717, 1.165) is 22.9 Å². The van der Waals surface area contributed by atoms with Crippen molar-refractivity contribution in [3.05, 3.63) is 89.4 Å². The minimum atomic E-state index is -0.586. The molecule has 0 aromatic heterocycles. The number of rotatable bonds is 10. The molecule has 3 aromatic rings. The van der Waals surface area contributed by atoms with Gasteiger partial charge in [-0.15, -0.1) is 0 Å². The van der Waals surface area contributed by atoms with E-state index in [1.807, 2.05) is 48.6 Å². The predicted molar refractivity (Wildman–Crippen MR) is 132 cm³/mol. The topological polar surface area (TPSA) is 66.0 Å². The summed E-state index contributed by atoms with van der Waals surface area (Å²) < 4.78 is 34.9. The van der Waals surface area contributed by atoms with Crippen molar-refractivity contribution >= 4 is 23.6 Å². The Hall–Kier alpha value is -4.26. The number of methoxy groups -OCH3 is 4. The molecule has 0 spiro atoms. The van der Waals surface area contributed by atoms with Crippen LogP contribution >= 0.6 is 0 Å². The third kappa shape index (κ3) is 5.75. The summed E-state index contributed by atoms with van der Waals surface area (Å²) in [6, 6.07) is 15.4. The third-order valence-electron chi connectivity index (χ3n) is 5.01. The maximum absolute atomic E-state index is 13.9. The molecule has 0 amide bonds. The van der Waals surface area contributed by atoms with Crippen LogP contribution in [0.15, 0.2) is 66.9 Å².